The Morgan fingerprint density at radius 1 is 0.560 bits per heavy atom. The van der Waals surface area contributed by atoms with Crippen molar-refractivity contribution >= 4 is 50.1 Å². The van der Waals surface area contributed by atoms with Crippen LogP contribution in [0.25, 0.3) is 9.30 Å². The van der Waals surface area contributed by atoms with Crippen LogP contribution in [0, 0.1) is 10.8 Å². The molecule has 0 amide bonds. The summed E-state index contributed by atoms with van der Waals surface area (Å²) in [6.07, 6.45) is 3.86. The van der Waals surface area contributed by atoms with E-state index in [9.17, 15) is 9.90 Å². The summed E-state index contributed by atoms with van der Waals surface area (Å²) in [7, 11) is -4.42. The van der Waals surface area contributed by atoms with Gasteiger partial charge in [0.15, 0.2) is 0 Å². The van der Waals surface area contributed by atoms with E-state index in [0.717, 1.165) is 22.3 Å². The summed E-state index contributed by atoms with van der Waals surface area (Å²) in [6, 6.07) is 3.86. The van der Waals surface area contributed by atoms with Gasteiger partial charge in [0.2, 0.25) is 5.78 Å². The van der Waals surface area contributed by atoms with E-state index < -0.39 is 32.9 Å². The van der Waals surface area contributed by atoms with Crippen LogP contribution in [0.3, 0.4) is 0 Å². The molecule has 0 fully saturated rings. The summed E-state index contributed by atoms with van der Waals surface area (Å²) in [5.74, 6) is -0.197. The Balaban J connectivity index is 0. The zero-order chi connectivity index (χ0) is 39.6. The van der Waals surface area contributed by atoms with Crippen LogP contribution in [0.15, 0.2) is 40.4 Å². The normalized spacial score (nSPS) is 16.0. The van der Waals surface area contributed by atoms with Crippen molar-refractivity contribution in [1.82, 2.24) is 0 Å². The van der Waals surface area contributed by atoms with Gasteiger partial charge in [-0.1, -0.05) is 212 Å². The van der Waals surface area contributed by atoms with Crippen LogP contribution in [0.5, 0.6) is 5.75 Å². The van der Waals surface area contributed by atoms with Crippen LogP contribution >= 0.6 is 0 Å². The molecule has 0 atom stereocenters. The van der Waals surface area contributed by atoms with E-state index in [4.69, 9.17) is 14.3 Å². The van der Waals surface area contributed by atoms with Gasteiger partial charge in [0.1, 0.15) is 5.71 Å². The molecule has 1 aliphatic carbocycles. The first-order chi connectivity index (χ1) is 21.1. The molecule has 0 aliphatic heterocycles. The third-order valence-electron chi connectivity index (χ3n) is 7.07. The number of Topliss-reactive ketones (excluding diaryl/α,β-unsaturated/α-hetero) is 1. The molecule has 50 heavy (non-hydrogen) atoms. The molecule has 1 aliphatic rings. The molecule has 1 radical (unpaired) electrons. The van der Waals surface area contributed by atoms with Gasteiger partial charge in [0.25, 0.3) is 0 Å². The van der Waals surface area contributed by atoms with Crippen molar-refractivity contribution < 1.29 is 27.0 Å². The maximum absolute atomic E-state index is 13.4. The van der Waals surface area contributed by atoms with Gasteiger partial charge in [-0.05, 0) is 50.5 Å². The summed E-state index contributed by atoms with van der Waals surface area (Å²) in [4.78, 5) is 18.1. The van der Waals surface area contributed by atoms with Crippen LogP contribution in [0.4, 0.5) is 5.69 Å². The number of allylic oxidation sites excluding steroid dienone is 4. The molecule has 0 aromatic heterocycles. The van der Waals surface area contributed by atoms with Crippen LogP contribution in [-0.4, -0.2) is 44.4 Å². The van der Waals surface area contributed by atoms with Gasteiger partial charge in [-0.15, -0.1) is 0 Å². The first-order valence-electron chi connectivity index (χ1n) is 18.1. The quantitative estimate of drug-likeness (QED) is 0.220. The number of rotatable bonds is 5. The molecule has 0 heterocycles. The molecule has 10 heteroatoms. The van der Waals surface area contributed by atoms with E-state index in [0.29, 0.717) is 11.4 Å². The van der Waals surface area contributed by atoms with Crippen molar-refractivity contribution in [2.45, 2.75) is 172 Å². The monoisotopic (exact) mass is 798 g/mol. The third kappa shape index (κ3) is 19.8. The summed E-state index contributed by atoms with van der Waals surface area (Å²) < 4.78 is 9.64. The number of aliphatic imine (C=N–C) groups is 1. The van der Waals surface area contributed by atoms with Crippen LogP contribution in [0.2, 0.25) is 78.6 Å². The number of carbonyl (C=O) groups is 1. The van der Waals surface area contributed by atoms with E-state index in [1.807, 2.05) is 65.8 Å². The Hall–Kier alpha value is -0.853. The number of carbonyl (C=O) groups excluding carboxylic acids is 1. The Labute approximate surface area is 325 Å². The second-order valence-corrected chi connectivity index (χ2v) is 40.9. The van der Waals surface area contributed by atoms with E-state index >= 15 is 0 Å². The molecular formula is C40H76FeN3O2Si4. The summed E-state index contributed by atoms with van der Waals surface area (Å²) in [5.41, 5.74) is 3.35. The molecule has 2 rings (SSSR count). The average molecular weight is 799 g/mol. The van der Waals surface area contributed by atoms with Crippen molar-refractivity contribution in [3.05, 3.63) is 55.9 Å². The second-order valence-electron chi connectivity index (χ2n) is 21.8. The average Bonchev–Trinajstić information content (AvgIpc) is 2.74. The molecule has 0 saturated heterocycles. The zero-order valence-electron chi connectivity index (χ0n) is 36.8. The molecule has 0 bridgehead atoms. The van der Waals surface area contributed by atoms with Crippen LogP contribution in [0.1, 0.15) is 94.2 Å². The molecule has 0 unspecified atom stereocenters. The smallest absolute Gasteiger partial charge is 0.871 e. The number of nitrogens with zero attached hydrogens (tertiary/aromatic N) is 3. The Morgan fingerprint density at radius 2 is 0.940 bits per heavy atom. The van der Waals surface area contributed by atoms with Gasteiger partial charge >= 0.3 is 17.1 Å². The summed E-state index contributed by atoms with van der Waals surface area (Å²) >= 11 is 0. The largest absolute Gasteiger partial charge is 3.00 e. The molecular weight excluding hydrogens is 723 g/mol. The van der Waals surface area contributed by atoms with E-state index in [2.05, 4.69) is 120 Å². The fraction of sp³-hybridized carbons (Fsp3) is 0.700. The van der Waals surface area contributed by atoms with Gasteiger partial charge in [0, 0.05) is 5.57 Å². The van der Waals surface area contributed by atoms with Crippen molar-refractivity contribution in [3.8, 4) is 5.75 Å². The first kappa shape index (κ1) is 51.3. The number of benzene rings is 1. The van der Waals surface area contributed by atoms with E-state index in [1.54, 1.807) is 0 Å². The van der Waals surface area contributed by atoms with E-state index in [-0.39, 0.29) is 50.3 Å². The Morgan fingerprint density at radius 3 is 1.20 bits per heavy atom. The van der Waals surface area contributed by atoms with Gasteiger partial charge in [-0.3, -0.25) is 4.79 Å². The topological polar surface area (TPSA) is 80.7 Å². The van der Waals surface area contributed by atoms with Gasteiger partial charge < -0.3 is 14.4 Å². The second kappa shape index (κ2) is 17.5. The summed E-state index contributed by atoms with van der Waals surface area (Å²) in [6.45, 7) is 52.5. The van der Waals surface area contributed by atoms with Gasteiger partial charge in [0.05, 0.1) is 5.69 Å². The molecule has 1 aromatic rings. The SMILES string of the molecule is CC(C)(C)C1=CC(=Nc2cc(C(C)(C)C)cc(C(C)(C)C)c2[O-])C(=O)C(C(C)(C)C)=C1.C[Si](C)(C)[N-][Si](C)(C)C.C[Si](C)(C)[N-][Si](C)(C)C.[Fe+3]. The Kier molecular flexibility index (Phi) is 18.0. The maximum Gasteiger partial charge on any atom is 3.00 e. The molecule has 0 spiro atoms. The molecule has 5 nitrogen and oxygen atoms in total. The van der Waals surface area contributed by atoms with Crippen molar-refractivity contribution in [1.29, 1.82) is 0 Å². The minimum Gasteiger partial charge on any atom is -0.871 e. The maximum atomic E-state index is 13.4. The minimum atomic E-state index is -1.11. The number of ketones is 1. The standard InChI is InChI=1S/C28H41NO2.2C6H18NSi2.Fe/c1-25(2,3)17-13-19(27(7,8)9)23(30)21(15-17)29-22-16-18(26(4,5)6)14-20(24(22)31)28(10,11)12;2*1-8(2,3)7-9(4,5)6;/h13-16,30H,1-12H3;2*1-6H3;/q;2*-1;+3/p-1. The molecule has 287 valence electrons. The molecule has 0 saturated carbocycles. The number of hydrogen-bond donors (Lipinski definition) is 0. The fourth-order valence-electron chi connectivity index (χ4n) is 5.52. The summed E-state index contributed by atoms with van der Waals surface area (Å²) in [5, 5.41) is 13.4. The fourth-order valence-corrected chi connectivity index (χ4v) is 21.6. The van der Waals surface area contributed by atoms with Crippen molar-refractivity contribution in [2.75, 3.05) is 0 Å². The van der Waals surface area contributed by atoms with Crippen molar-refractivity contribution in [3.63, 3.8) is 0 Å². The van der Waals surface area contributed by atoms with E-state index in [1.165, 1.54) is 0 Å². The van der Waals surface area contributed by atoms with Gasteiger partial charge in [-0.25, -0.2) is 4.99 Å². The molecule has 1 aromatic carbocycles. The van der Waals surface area contributed by atoms with Crippen LogP contribution < -0.4 is 5.11 Å². The predicted molar refractivity (Wildman–Crippen MR) is 231 cm³/mol. The first-order valence-corrected chi connectivity index (χ1v) is 31.8. The number of hydrogen-bond acceptors (Lipinski definition) is 3. The van der Waals surface area contributed by atoms with Gasteiger partial charge in [-0.2, -0.15) is 0 Å². The minimum absolute atomic E-state index is 0. The predicted octanol–water partition coefficient (Wildman–Crippen LogP) is 13.0. The molecule has 0 N–H and O–H groups in total. The van der Waals surface area contributed by atoms with Crippen molar-refractivity contribution in [2.24, 2.45) is 15.8 Å². The van der Waals surface area contributed by atoms with Crippen LogP contribution in [-0.2, 0) is 32.7 Å². The Bertz CT molecular complexity index is 1340. The zero-order valence-corrected chi connectivity index (χ0v) is 41.9. The third-order valence-corrected chi connectivity index (χ3v) is 17.8.